The molecule has 1 saturated heterocycles. The number of rotatable bonds is 4. The molecule has 6 nitrogen and oxygen atoms in total. The molecule has 28 heavy (non-hydrogen) atoms. The molecule has 1 aliphatic heterocycles. The van der Waals surface area contributed by atoms with Crippen LogP contribution in [0.1, 0.15) is 30.9 Å². The number of aryl methyl sites for hydroxylation is 1. The van der Waals surface area contributed by atoms with Gasteiger partial charge in [-0.2, -0.15) is 5.26 Å². The first kappa shape index (κ1) is 18.7. The van der Waals surface area contributed by atoms with Crippen molar-refractivity contribution in [1.29, 1.82) is 5.26 Å². The zero-order valence-corrected chi connectivity index (χ0v) is 16.4. The highest BCUT2D eigenvalue weighted by Crippen LogP contribution is 2.24. The third kappa shape index (κ3) is 3.21. The van der Waals surface area contributed by atoms with Crippen LogP contribution in [0, 0.1) is 24.2 Å². The lowest BCUT2D eigenvalue weighted by molar-refractivity contribution is 0.0816. The number of aromatic nitrogens is 2. The molecule has 1 N–H and O–H groups in total. The summed E-state index contributed by atoms with van der Waals surface area (Å²) in [6.07, 6.45) is 1.75. The predicted molar refractivity (Wildman–Crippen MR) is 109 cm³/mol. The molecule has 0 radical (unpaired) electrons. The number of pyridine rings is 1. The Balaban J connectivity index is 1.77. The Hall–Kier alpha value is -2.62. The molecule has 0 bridgehead atoms. The average Bonchev–Trinajstić information content (AvgIpc) is 2.99. The van der Waals surface area contributed by atoms with Crippen molar-refractivity contribution in [2.75, 3.05) is 19.6 Å². The van der Waals surface area contributed by atoms with Gasteiger partial charge in [0.15, 0.2) is 0 Å². The third-order valence-electron chi connectivity index (χ3n) is 5.91. The van der Waals surface area contributed by atoms with Gasteiger partial charge in [-0.05, 0) is 56.5 Å². The SMILES string of the molecule is Cc1cc(=O)n2c3ccccc3n(C[C@@H](O)CN3CCC(C)CC3)c2c1C#N. The van der Waals surface area contributed by atoms with E-state index in [1.165, 1.54) is 6.07 Å². The minimum Gasteiger partial charge on any atom is -0.390 e. The van der Waals surface area contributed by atoms with E-state index in [1.807, 2.05) is 28.8 Å². The molecule has 3 heterocycles. The number of nitriles is 1. The minimum atomic E-state index is -0.574. The summed E-state index contributed by atoms with van der Waals surface area (Å²) >= 11 is 0. The monoisotopic (exact) mass is 378 g/mol. The zero-order chi connectivity index (χ0) is 19.8. The molecular formula is C22H26N4O2. The molecule has 1 aliphatic rings. The second-order valence-electron chi connectivity index (χ2n) is 8.05. The fraction of sp³-hybridized carbons (Fsp3) is 0.455. The first-order chi connectivity index (χ1) is 13.5. The summed E-state index contributed by atoms with van der Waals surface area (Å²) in [4.78, 5) is 15.0. The first-order valence-electron chi connectivity index (χ1n) is 9.93. The van der Waals surface area contributed by atoms with Gasteiger partial charge < -0.3 is 14.6 Å². The number of aliphatic hydroxyl groups excluding tert-OH is 1. The van der Waals surface area contributed by atoms with Crippen LogP contribution in [-0.4, -0.2) is 44.7 Å². The van der Waals surface area contributed by atoms with Crippen LogP contribution in [0.25, 0.3) is 16.7 Å². The van der Waals surface area contributed by atoms with E-state index in [2.05, 4.69) is 17.9 Å². The van der Waals surface area contributed by atoms with Crippen LogP contribution in [0.4, 0.5) is 0 Å². The molecule has 0 unspecified atom stereocenters. The van der Waals surface area contributed by atoms with Gasteiger partial charge in [-0.25, -0.2) is 0 Å². The highest BCUT2D eigenvalue weighted by Gasteiger charge is 2.22. The number of nitrogens with zero attached hydrogens (tertiary/aromatic N) is 4. The van der Waals surface area contributed by atoms with Gasteiger partial charge in [-0.1, -0.05) is 19.1 Å². The van der Waals surface area contributed by atoms with Crippen LogP contribution in [0.5, 0.6) is 0 Å². The quantitative estimate of drug-likeness (QED) is 0.757. The molecule has 0 amide bonds. The molecule has 4 rings (SSSR count). The van der Waals surface area contributed by atoms with Crippen molar-refractivity contribution in [3.05, 3.63) is 51.8 Å². The summed E-state index contributed by atoms with van der Waals surface area (Å²) in [5.74, 6) is 0.749. The van der Waals surface area contributed by atoms with Crippen molar-refractivity contribution in [2.45, 2.75) is 39.3 Å². The molecule has 1 atom stereocenters. The number of hydrogen-bond acceptors (Lipinski definition) is 4. The van der Waals surface area contributed by atoms with Crippen LogP contribution >= 0.6 is 0 Å². The van der Waals surface area contributed by atoms with E-state index in [-0.39, 0.29) is 5.56 Å². The van der Waals surface area contributed by atoms with Gasteiger partial charge >= 0.3 is 0 Å². The molecule has 2 aromatic heterocycles. The van der Waals surface area contributed by atoms with Crippen molar-refractivity contribution in [3.8, 4) is 6.07 Å². The summed E-state index contributed by atoms with van der Waals surface area (Å²) in [5, 5.41) is 20.6. The van der Waals surface area contributed by atoms with E-state index in [1.54, 1.807) is 11.3 Å². The van der Waals surface area contributed by atoms with Gasteiger partial charge in [0, 0.05) is 12.6 Å². The van der Waals surface area contributed by atoms with Crippen LogP contribution in [0.3, 0.4) is 0 Å². The molecule has 6 heteroatoms. The number of hydrogen-bond donors (Lipinski definition) is 1. The average molecular weight is 378 g/mol. The first-order valence-corrected chi connectivity index (χ1v) is 9.93. The van der Waals surface area contributed by atoms with Crippen molar-refractivity contribution in [3.63, 3.8) is 0 Å². The highest BCUT2D eigenvalue weighted by molar-refractivity contribution is 5.84. The molecule has 0 saturated carbocycles. The normalized spacial score (nSPS) is 17.2. The summed E-state index contributed by atoms with van der Waals surface area (Å²) in [6.45, 7) is 7.02. The number of benzene rings is 1. The maximum Gasteiger partial charge on any atom is 0.257 e. The lowest BCUT2D eigenvalue weighted by Gasteiger charge is -2.31. The topological polar surface area (TPSA) is 73.7 Å². The lowest BCUT2D eigenvalue weighted by Crippen LogP contribution is -2.39. The summed E-state index contributed by atoms with van der Waals surface area (Å²) in [6, 6.07) is 11.4. The lowest BCUT2D eigenvalue weighted by atomic mass is 9.99. The molecule has 3 aromatic rings. The fourth-order valence-electron chi connectivity index (χ4n) is 4.33. The Morgan fingerprint density at radius 3 is 2.57 bits per heavy atom. The summed E-state index contributed by atoms with van der Waals surface area (Å²) in [7, 11) is 0. The number of aliphatic hydroxyl groups is 1. The van der Waals surface area contributed by atoms with Crippen molar-refractivity contribution in [2.24, 2.45) is 5.92 Å². The van der Waals surface area contributed by atoms with E-state index in [9.17, 15) is 15.2 Å². The Kier molecular flexibility index (Phi) is 4.96. The Morgan fingerprint density at radius 2 is 1.89 bits per heavy atom. The number of para-hydroxylation sites is 2. The van der Waals surface area contributed by atoms with Crippen molar-refractivity contribution in [1.82, 2.24) is 13.9 Å². The van der Waals surface area contributed by atoms with Crippen LogP contribution in [0.15, 0.2) is 35.1 Å². The van der Waals surface area contributed by atoms with Crippen molar-refractivity contribution < 1.29 is 5.11 Å². The maximum absolute atomic E-state index is 12.7. The van der Waals surface area contributed by atoms with Crippen LogP contribution in [0.2, 0.25) is 0 Å². The number of fused-ring (bicyclic) bond motifs is 3. The number of imidazole rings is 1. The van der Waals surface area contributed by atoms with E-state index < -0.39 is 6.10 Å². The number of likely N-dealkylation sites (tertiary alicyclic amines) is 1. The second-order valence-corrected chi connectivity index (χ2v) is 8.05. The van der Waals surface area contributed by atoms with Gasteiger partial charge in [-0.3, -0.25) is 9.20 Å². The third-order valence-corrected chi connectivity index (χ3v) is 5.91. The number of piperidine rings is 1. The Morgan fingerprint density at radius 1 is 1.21 bits per heavy atom. The summed E-state index contributed by atoms with van der Waals surface area (Å²) < 4.78 is 3.52. The van der Waals surface area contributed by atoms with Gasteiger partial charge in [0.1, 0.15) is 11.7 Å². The van der Waals surface area contributed by atoms with Crippen molar-refractivity contribution >= 4 is 16.7 Å². The van der Waals surface area contributed by atoms with E-state index in [4.69, 9.17) is 0 Å². The largest absolute Gasteiger partial charge is 0.390 e. The Bertz CT molecular complexity index is 1110. The molecule has 1 aromatic carbocycles. The van der Waals surface area contributed by atoms with E-state index in [0.717, 1.165) is 42.9 Å². The van der Waals surface area contributed by atoms with Crippen LogP contribution < -0.4 is 5.56 Å². The van der Waals surface area contributed by atoms with E-state index >= 15 is 0 Å². The fourth-order valence-corrected chi connectivity index (χ4v) is 4.33. The smallest absolute Gasteiger partial charge is 0.257 e. The Labute approximate surface area is 164 Å². The molecule has 0 aliphatic carbocycles. The van der Waals surface area contributed by atoms with Gasteiger partial charge in [-0.15, -0.1) is 0 Å². The van der Waals surface area contributed by atoms with Gasteiger partial charge in [0.2, 0.25) is 0 Å². The maximum atomic E-state index is 12.7. The molecule has 0 spiro atoms. The second kappa shape index (κ2) is 7.42. The standard InChI is InChI=1S/C22H26N4O2/c1-15-7-9-24(10-8-15)13-17(27)14-25-19-5-3-4-6-20(19)26-21(28)11-16(2)18(12-23)22(25)26/h3-6,11,15,17,27H,7-10,13-14H2,1-2H3/t17-/m0/s1. The van der Waals surface area contributed by atoms with Gasteiger partial charge in [0.05, 0.1) is 29.2 Å². The zero-order valence-electron chi connectivity index (χ0n) is 16.4. The van der Waals surface area contributed by atoms with Gasteiger partial charge in [0.25, 0.3) is 5.56 Å². The predicted octanol–water partition coefficient (Wildman–Crippen LogP) is 2.53. The highest BCUT2D eigenvalue weighted by atomic mass is 16.3. The molecule has 1 fully saturated rings. The van der Waals surface area contributed by atoms with E-state index in [0.29, 0.717) is 29.9 Å². The van der Waals surface area contributed by atoms with Crippen LogP contribution in [-0.2, 0) is 6.54 Å². The molecule has 146 valence electrons. The summed E-state index contributed by atoms with van der Waals surface area (Å²) in [5.41, 5.74) is 3.18. The minimum absolute atomic E-state index is 0.152. The molecular weight excluding hydrogens is 352 g/mol. The number of β-amino-alcohol motifs (C(OH)–C–C–N with tert-alkyl or cyclic N) is 1.